The van der Waals surface area contributed by atoms with Crippen molar-refractivity contribution in [3.63, 3.8) is 0 Å². The second-order valence-corrected chi connectivity index (χ2v) is 15.2. The summed E-state index contributed by atoms with van der Waals surface area (Å²) in [5, 5.41) is 21.6. The largest absolute Gasteiger partial charge is 0.457 e. The van der Waals surface area contributed by atoms with Gasteiger partial charge in [0.2, 0.25) is 0 Å². The van der Waals surface area contributed by atoms with Crippen LogP contribution in [0.4, 0.5) is 0 Å². The summed E-state index contributed by atoms with van der Waals surface area (Å²) < 4.78 is 17.3. The van der Waals surface area contributed by atoms with Crippen LogP contribution < -0.4 is 0 Å². The molecule has 0 aromatic carbocycles. The van der Waals surface area contributed by atoms with E-state index in [1.54, 1.807) is 36.5 Å². The molecule has 11 nitrogen and oxygen atoms in total. The second-order valence-electron chi connectivity index (χ2n) is 15.2. The number of rotatable bonds is 20. The summed E-state index contributed by atoms with van der Waals surface area (Å²) in [6.07, 6.45) is 28.7. The van der Waals surface area contributed by atoms with Crippen LogP contribution in [-0.4, -0.2) is 78.7 Å². The van der Waals surface area contributed by atoms with E-state index in [-0.39, 0.29) is 23.6 Å². The van der Waals surface area contributed by atoms with Gasteiger partial charge in [0.05, 0.1) is 30.7 Å². The van der Waals surface area contributed by atoms with Crippen LogP contribution in [0.15, 0.2) is 85.3 Å². The van der Waals surface area contributed by atoms with Crippen LogP contribution in [0.2, 0.25) is 0 Å². The van der Waals surface area contributed by atoms with Gasteiger partial charge in [-0.1, -0.05) is 101 Å². The summed E-state index contributed by atoms with van der Waals surface area (Å²) in [6, 6.07) is 0. The Kier molecular flexibility index (Phi) is 14.9. The normalized spacial score (nSPS) is 23.1. The van der Waals surface area contributed by atoms with Gasteiger partial charge in [0.15, 0.2) is 0 Å². The van der Waals surface area contributed by atoms with Crippen molar-refractivity contribution in [2.75, 3.05) is 0 Å². The maximum Gasteiger partial charge on any atom is 0.356 e. The number of ether oxygens (including phenoxy) is 3. The maximum absolute atomic E-state index is 13.2. The average molecular weight is 743 g/mol. The molecule has 4 N–H and O–H groups in total. The number of hydrogen-bond donors (Lipinski definition) is 4. The van der Waals surface area contributed by atoms with E-state index < -0.39 is 47.2 Å². The van der Waals surface area contributed by atoms with Gasteiger partial charge >= 0.3 is 11.9 Å². The minimum Gasteiger partial charge on any atom is -0.457 e. The molecule has 8 atom stereocenters. The van der Waals surface area contributed by atoms with Gasteiger partial charge in [-0.3, -0.25) is 0 Å². The van der Waals surface area contributed by atoms with Crippen LogP contribution in [0.1, 0.15) is 107 Å². The number of nitrogens with one attached hydrogen (secondary N) is 2. The molecule has 1 aliphatic heterocycles. The first kappa shape index (κ1) is 42.2. The zero-order valence-corrected chi connectivity index (χ0v) is 32.8. The number of aromatic amines is 2. The lowest BCUT2D eigenvalue weighted by Gasteiger charge is -2.36. The molecule has 1 unspecified atom stereocenters. The van der Waals surface area contributed by atoms with Crippen molar-refractivity contribution in [2.45, 2.75) is 111 Å². The lowest BCUT2D eigenvalue weighted by atomic mass is 9.79. The smallest absolute Gasteiger partial charge is 0.356 e. The Bertz CT molecular complexity index is 1760. The minimum atomic E-state index is -0.807. The van der Waals surface area contributed by atoms with E-state index in [0.29, 0.717) is 36.3 Å². The van der Waals surface area contributed by atoms with Crippen molar-refractivity contribution >= 4 is 24.1 Å². The second kappa shape index (κ2) is 19.1. The highest BCUT2D eigenvalue weighted by atomic mass is 16.6. The Hall–Kier alpha value is -4.58. The number of epoxide rings is 1. The summed E-state index contributed by atoms with van der Waals surface area (Å²) in [7, 11) is 0. The zero-order valence-electron chi connectivity index (χ0n) is 32.8. The van der Waals surface area contributed by atoms with Gasteiger partial charge in [0, 0.05) is 23.7 Å². The van der Waals surface area contributed by atoms with E-state index in [4.69, 9.17) is 14.2 Å². The predicted molar refractivity (Wildman–Crippen MR) is 211 cm³/mol. The van der Waals surface area contributed by atoms with Gasteiger partial charge in [0.25, 0.3) is 0 Å². The van der Waals surface area contributed by atoms with Crippen molar-refractivity contribution in [1.29, 1.82) is 0 Å². The van der Waals surface area contributed by atoms with Crippen LogP contribution in [0.25, 0.3) is 12.2 Å². The Morgan fingerprint density at radius 3 is 1.76 bits per heavy atom. The average Bonchev–Trinajstić information content (AvgIpc) is 3.88. The molecule has 1 aliphatic carbocycles. The maximum atomic E-state index is 13.2. The Morgan fingerprint density at radius 1 is 0.796 bits per heavy atom. The lowest BCUT2D eigenvalue weighted by molar-refractivity contribution is -0.0461. The third kappa shape index (κ3) is 11.7. The number of H-pyrrole nitrogens is 2. The molecular formula is C43H58N4O7. The fraction of sp³-hybridized carbons (Fsp3) is 0.488. The van der Waals surface area contributed by atoms with Crippen LogP contribution in [-0.2, 0) is 14.2 Å². The van der Waals surface area contributed by atoms with E-state index >= 15 is 0 Å². The predicted octanol–water partition coefficient (Wildman–Crippen LogP) is 7.73. The third-order valence-corrected chi connectivity index (χ3v) is 10.2. The molecule has 0 radical (unpaired) electrons. The van der Waals surface area contributed by atoms with Gasteiger partial charge in [-0.2, -0.15) is 0 Å². The molecule has 1 saturated carbocycles. The van der Waals surface area contributed by atoms with Crippen molar-refractivity contribution < 1.29 is 34.0 Å². The van der Waals surface area contributed by atoms with Gasteiger partial charge in [-0.25, -0.2) is 19.6 Å². The van der Waals surface area contributed by atoms with E-state index in [1.165, 1.54) is 12.4 Å². The first-order valence-corrected chi connectivity index (χ1v) is 18.8. The molecule has 11 heteroatoms. The van der Waals surface area contributed by atoms with Crippen LogP contribution in [0.5, 0.6) is 0 Å². The molecule has 0 spiro atoms. The van der Waals surface area contributed by atoms with Crippen molar-refractivity contribution in [2.24, 2.45) is 22.7 Å². The summed E-state index contributed by atoms with van der Waals surface area (Å²) in [5.74, 6) is 0.738. The topological polar surface area (TPSA) is 163 Å². The van der Waals surface area contributed by atoms with Crippen molar-refractivity contribution in [3.8, 4) is 0 Å². The first-order chi connectivity index (χ1) is 25.7. The monoisotopic (exact) mass is 742 g/mol. The molecule has 54 heavy (non-hydrogen) atoms. The van der Waals surface area contributed by atoms with Gasteiger partial charge in [-0.15, -0.1) is 0 Å². The highest BCUT2D eigenvalue weighted by molar-refractivity contribution is 5.88. The van der Waals surface area contributed by atoms with Crippen molar-refractivity contribution in [3.05, 3.63) is 108 Å². The standard InChI is InChI=1S/C43H58N4O7/c1-9-16-34(48)42(5,6)36(53-40(50)31-26-44-38(46-31)18-11-3)22-14-20-30-25-29(30)19-12-13-24-39-45-27-32(47-39)41(51)54-37(23-15-21-33-28(4)52-33)43(7,8)35(49)17-10-2/h9-21,24,26-30,33-37,48-49H,22-23,25H2,1-8H3,(H,44,46)(H,45,47)/b16-9+,17-10+,18-11-,19-12+,20-14-,21-15-,24-13-/t28-,29-,30?,33+,34-,35-,36-,37-/m0/s1. The summed E-state index contributed by atoms with van der Waals surface area (Å²) in [4.78, 5) is 40.7. The first-order valence-electron chi connectivity index (χ1n) is 18.8. The van der Waals surface area contributed by atoms with Crippen LogP contribution >= 0.6 is 0 Å². The SMILES string of the molecule is C/C=C\c1ncc(C(=O)O[C@@H](C/C=C\C2C[C@@H]2/C=C/C=C\c2ncc(C(=O)O[C@@H](C/C=C\[C@H]3O[C@H]3C)C(C)(C)[C@@H](O)/C=C/C)[nH]2)C(C)(C)[C@@H](O)/C=C/C)[nH]1. The number of aromatic nitrogens is 4. The fourth-order valence-corrected chi connectivity index (χ4v) is 5.99. The molecule has 2 aromatic heterocycles. The lowest BCUT2D eigenvalue weighted by Crippen LogP contribution is -2.42. The molecule has 292 valence electrons. The molecule has 2 fully saturated rings. The van der Waals surface area contributed by atoms with Crippen LogP contribution in [0.3, 0.4) is 0 Å². The molecular weight excluding hydrogens is 684 g/mol. The molecule has 4 rings (SSSR count). The third-order valence-electron chi connectivity index (χ3n) is 10.2. The molecule has 0 bridgehead atoms. The number of allylic oxidation sites excluding steroid dienone is 7. The van der Waals surface area contributed by atoms with E-state index in [2.05, 4.69) is 32.1 Å². The van der Waals surface area contributed by atoms with Gasteiger partial charge in [-0.05, 0) is 58.1 Å². The molecule has 1 saturated heterocycles. The number of hydrogen-bond acceptors (Lipinski definition) is 9. The minimum absolute atomic E-state index is 0.0760. The van der Waals surface area contributed by atoms with Gasteiger partial charge in [0.1, 0.15) is 41.3 Å². The summed E-state index contributed by atoms with van der Waals surface area (Å²) >= 11 is 0. The number of carbonyl (C=O) groups excluding carboxylic acids is 2. The Morgan fingerprint density at radius 2 is 1.28 bits per heavy atom. The van der Waals surface area contributed by atoms with Crippen molar-refractivity contribution in [1.82, 2.24) is 19.9 Å². The zero-order chi connectivity index (χ0) is 39.5. The Balaban J connectivity index is 1.31. The highest BCUT2D eigenvalue weighted by Crippen LogP contribution is 2.41. The molecule has 0 amide bonds. The quantitative estimate of drug-likeness (QED) is 0.0460. The Labute approximate surface area is 319 Å². The summed E-state index contributed by atoms with van der Waals surface area (Å²) in [6.45, 7) is 15.1. The highest BCUT2D eigenvalue weighted by Gasteiger charge is 2.40. The summed E-state index contributed by atoms with van der Waals surface area (Å²) in [5.41, 5.74) is -1.01. The number of imidazole rings is 2. The molecule has 2 aliphatic rings. The van der Waals surface area contributed by atoms with E-state index in [0.717, 1.165) is 6.42 Å². The molecule has 3 heterocycles. The van der Waals surface area contributed by atoms with E-state index in [1.807, 2.05) is 91.8 Å². The number of nitrogens with zero attached hydrogens (tertiary/aromatic N) is 2. The van der Waals surface area contributed by atoms with Gasteiger partial charge < -0.3 is 34.4 Å². The number of aliphatic hydroxyl groups excluding tert-OH is 2. The van der Waals surface area contributed by atoms with E-state index in [9.17, 15) is 19.8 Å². The fourth-order valence-electron chi connectivity index (χ4n) is 5.99. The number of esters is 2. The number of aliphatic hydroxyl groups is 2. The number of carbonyl (C=O) groups is 2. The molecule has 2 aromatic rings. The van der Waals surface area contributed by atoms with Crippen LogP contribution in [0, 0.1) is 22.7 Å².